The number of hydrogen-bond donors (Lipinski definition) is 6. The summed E-state index contributed by atoms with van der Waals surface area (Å²) in [4.78, 5) is 35.3. The number of phosphoric ester groups is 1. The number of phosphoric acid groups is 1. The summed E-state index contributed by atoms with van der Waals surface area (Å²) < 4.78 is 32.8. The van der Waals surface area contributed by atoms with Crippen molar-refractivity contribution in [3.63, 3.8) is 0 Å². The predicted molar refractivity (Wildman–Crippen MR) is 240 cm³/mol. The second-order valence-corrected chi connectivity index (χ2v) is 19.4. The fourth-order valence-corrected chi connectivity index (χ4v) is 8.71. The molecule has 8 atom stereocenters. The number of carbonyl (C=O) groups is 2. The van der Waals surface area contributed by atoms with Crippen molar-refractivity contribution in [2.75, 3.05) is 26.4 Å². The minimum absolute atomic E-state index is 0.0608. The number of unbranched alkanes of at least 4 members (excludes halogenated alkanes) is 19. The van der Waals surface area contributed by atoms with E-state index < -0.39 is 70.1 Å². The predicted octanol–water partition coefficient (Wildman–Crippen LogP) is 9.41. The van der Waals surface area contributed by atoms with Crippen LogP contribution >= 0.6 is 7.82 Å². The lowest BCUT2D eigenvalue weighted by molar-refractivity contribution is -0.161. The summed E-state index contributed by atoms with van der Waals surface area (Å²) in [5.41, 5.74) is 0. The maximum Gasteiger partial charge on any atom is 0.472 e. The van der Waals surface area contributed by atoms with Gasteiger partial charge in [-0.25, -0.2) is 4.57 Å². The smallest absolute Gasteiger partial charge is 0.462 e. The monoisotopic (exact) mass is 893 g/mol. The lowest BCUT2D eigenvalue weighted by Crippen LogP contribution is -2.29. The Hall–Kier alpha value is -1.41. The van der Waals surface area contributed by atoms with Crippen LogP contribution in [-0.4, -0.2) is 99.3 Å². The Balaban J connectivity index is 2.37. The average molecular weight is 893 g/mol. The van der Waals surface area contributed by atoms with Crippen molar-refractivity contribution in [3.05, 3.63) is 12.2 Å². The van der Waals surface area contributed by atoms with Gasteiger partial charge in [0, 0.05) is 25.2 Å². The highest BCUT2D eigenvalue weighted by molar-refractivity contribution is 7.47. The molecule has 0 aromatic carbocycles. The Morgan fingerprint density at radius 1 is 0.672 bits per heavy atom. The zero-order chi connectivity index (χ0) is 45.1. The zero-order valence-corrected chi connectivity index (χ0v) is 39.3. The molecule has 0 radical (unpaired) electrons. The van der Waals surface area contributed by atoms with Crippen molar-refractivity contribution in [1.29, 1.82) is 0 Å². The molecule has 1 rings (SSSR count). The van der Waals surface area contributed by atoms with Crippen LogP contribution < -0.4 is 0 Å². The van der Waals surface area contributed by atoms with Crippen molar-refractivity contribution in [1.82, 2.24) is 0 Å². The second kappa shape index (κ2) is 36.9. The first-order valence-electron chi connectivity index (χ1n) is 24.3. The highest BCUT2D eigenvalue weighted by Gasteiger charge is 2.39. The van der Waals surface area contributed by atoms with Gasteiger partial charge >= 0.3 is 19.8 Å². The molecule has 0 aromatic rings. The van der Waals surface area contributed by atoms with Crippen molar-refractivity contribution < 1.29 is 63.1 Å². The molecule has 0 saturated heterocycles. The molecule has 6 N–H and O–H groups in total. The molecule has 1 unspecified atom stereocenters. The Kier molecular flexibility index (Phi) is 34.8. The van der Waals surface area contributed by atoms with Crippen LogP contribution in [-0.2, 0) is 32.7 Å². The topological polar surface area (TPSA) is 210 Å². The number of rotatable bonds is 41. The summed E-state index contributed by atoms with van der Waals surface area (Å²) in [5.74, 6) is -0.569. The third kappa shape index (κ3) is 32.0. The van der Waals surface area contributed by atoms with E-state index in [4.69, 9.17) is 23.6 Å². The first-order valence-corrected chi connectivity index (χ1v) is 25.8. The fraction of sp³-hybridized carbons (Fsp3) is 0.915. The number of aliphatic hydroxyl groups excluding tert-OH is 5. The van der Waals surface area contributed by atoms with E-state index in [-0.39, 0.29) is 31.3 Å². The second-order valence-electron chi connectivity index (χ2n) is 17.9. The molecule has 1 saturated carbocycles. The van der Waals surface area contributed by atoms with Gasteiger partial charge in [-0.2, -0.15) is 0 Å². The summed E-state index contributed by atoms with van der Waals surface area (Å²) >= 11 is 0. The molecule has 1 aliphatic rings. The van der Waals surface area contributed by atoms with Gasteiger partial charge in [0.2, 0.25) is 0 Å². The maximum absolute atomic E-state index is 12.8. The number of ether oxygens (including phenoxy) is 2. The third-order valence-electron chi connectivity index (χ3n) is 11.7. The summed E-state index contributed by atoms with van der Waals surface area (Å²) in [7, 11) is -4.68. The minimum atomic E-state index is -4.68. The molecule has 0 amide bonds. The molecule has 0 heterocycles. The first-order chi connectivity index (χ1) is 29.3. The first kappa shape index (κ1) is 57.6. The van der Waals surface area contributed by atoms with E-state index in [0.717, 1.165) is 57.3 Å². The number of hydrogen-bond acceptors (Lipinski definition) is 12. The van der Waals surface area contributed by atoms with E-state index in [1.807, 2.05) is 6.08 Å². The van der Waals surface area contributed by atoms with Gasteiger partial charge < -0.3 is 39.9 Å². The Bertz CT molecular complexity index is 1150. The van der Waals surface area contributed by atoms with E-state index in [1.165, 1.54) is 77.0 Å². The fourth-order valence-electron chi connectivity index (χ4n) is 7.92. The molecule has 1 aliphatic carbocycles. The van der Waals surface area contributed by atoms with E-state index >= 15 is 0 Å². The van der Waals surface area contributed by atoms with Crippen molar-refractivity contribution >= 4 is 19.8 Å². The van der Waals surface area contributed by atoms with Crippen molar-refractivity contribution in [3.8, 4) is 0 Å². The minimum Gasteiger partial charge on any atom is -0.462 e. The third-order valence-corrected chi connectivity index (χ3v) is 12.6. The molecule has 360 valence electrons. The van der Waals surface area contributed by atoms with Crippen LogP contribution in [0.2, 0.25) is 0 Å². The van der Waals surface area contributed by atoms with Gasteiger partial charge in [0.05, 0.1) is 38.1 Å². The van der Waals surface area contributed by atoms with Crippen LogP contribution in [0.1, 0.15) is 201 Å². The SMILES string of the molecule is CCCCC[C@H](O)/C=C/[C@@H]1[C@@H](CCCCCCC(=O)O[C@H](COC(=O)CCCCCCCCCCCCCCCCCC(C)C)COP(=O)(O)OC[C@@H](O)CO)[C@@H](O)C[C@H]1O. The molecule has 14 heteroatoms. The van der Waals surface area contributed by atoms with Crippen LogP contribution in [0.4, 0.5) is 0 Å². The van der Waals surface area contributed by atoms with Crippen LogP contribution in [0.25, 0.3) is 0 Å². The Labute approximate surface area is 369 Å². The van der Waals surface area contributed by atoms with Gasteiger partial charge in [-0.15, -0.1) is 0 Å². The standard InChI is InChI=1S/C47H89O13P/c1-4-5-21-27-39(49)31-32-43-42(44(51)33-45(43)52)28-23-19-20-25-30-47(54)60-41(37-59-61(55,56)58-35-40(50)34-48)36-57-46(53)29-24-18-16-14-12-10-8-6-7-9-11-13-15-17-22-26-38(2)3/h31-32,38-45,48-52H,4-30,33-37H2,1-3H3,(H,55,56)/b32-31+/t39-,40-,41+,42+,43+,44-,45+/m0/s1. The molecular formula is C47H89O13P. The van der Waals surface area contributed by atoms with Crippen molar-refractivity contribution in [2.24, 2.45) is 17.8 Å². The molecule has 61 heavy (non-hydrogen) atoms. The molecule has 0 aliphatic heterocycles. The van der Waals surface area contributed by atoms with Gasteiger partial charge in [0.25, 0.3) is 0 Å². The van der Waals surface area contributed by atoms with Gasteiger partial charge in [0.1, 0.15) is 12.7 Å². The average Bonchev–Trinajstić information content (AvgIpc) is 3.49. The van der Waals surface area contributed by atoms with Gasteiger partial charge in [-0.1, -0.05) is 168 Å². The van der Waals surface area contributed by atoms with Gasteiger partial charge in [-0.3, -0.25) is 18.6 Å². The van der Waals surface area contributed by atoms with Crippen molar-refractivity contribution in [2.45, 2.75) is 231 Å². The largest absolute Gasteiger partial charge is 0.472 e. The highest BCUT2D eigenvalue weighted by Crippen LogP contribution is 2.43. The maximum atomic E-state index is 12.8. The molecule has 13 nitrogen and oxygen atoms in total. The number of esters is 2. The molecular weight excluding hydrogens is 803 g/mol. The summed E-state index contributed by atoms with van der Waals surface area (Å²) in [5, 5.41) is 49.8. The Morgan fingerprint density at radius 3 is 1.74 bits per heavy atom. The summed E-state index contributed by atoms with van der Waals surface area (Å²) in [6, 6.07) is 0. The number of carbonyl (C=O) groups excluding carboxylic acids is 2. The summed E-state index contributed by atoms with van der Waals surface area (Å²) in [6.45, 7) is 4.41. The van der Waals surface area contributed by atoms with E-state index in [1.54, 1.807) is 6.08 Å². The molecule has 1 fully saturated rings. The van der Waals surface area contributed by atoms with Crippen LogP contribution in [0.5, 0.6) is 0 Å². The lowest BCUT2D eigenvalue weighted by Gasteiger charge is -2.21. The zero-order valence-electron chi connectivity index (χ0n) is 38.4. The summed E-state index contributed by atoms with van der Waals surface area (Å²) in [6.07, 6.45) is 26.7. The molecule has 0 bridgehead atoms. The van der Waals surface area contributed by atoms with Crippen LogP contribution in [0, 0.1) is 17.8 Å². The van der Waals surface area contributed by atoms with E-state index in [9.17, 15) is 39.5 Å². The quantitative estimate of drug-likeness (QED) is 0.0146. The van der Waals surface area contributed by atoms with Crippen LogP contribution in [0.15, 0.2) is 12.2 Å². The van der Waals surface area contributed by atoms with Gasteiger partial charge in [0.15, 0.2) is 6.10 Å². The Morgan fingerprint density at radius 2 is 1.18 bits per heavy atom. The van der Waals surface area contributed by atoms with Gasteiger partial charge in [-0.05, 0) is 37.5 Å². The number of aliphatic hydroxyl groups is 5. The van der Waals surface area contributed by atoms with E-state index in [0.29, 0.717) is 38.5 Å². The normalized spacial score (nSPS) is 20.6. The van der Waals surface area contributed by atoms with Crippen LogP contribution in [0.3, 0.4) is 0 Å². The highest BCUT2D eigenvalue weighted by atomic mass is 31.2. The lowest BCUT2D eigenvalue weighted by atomic mass is 9.88. The molecule has 0 spiro atoms. The van der Waals surface area contributed by atoms with E-state index in [2.05, 4.69) is 20.8 Å². The molecule has 0 aromatic heterocycles.